The van der Waals surface area contributed by atoms with Gasteiger partial charge in [0.05, 0.1) is 6.04 Å². The van der Waals surface area contributed by atoms with E-state index in [9.17, 15) is 4.79 Å². The van der Waals surface area contributed by atoms with Crippen molar-refractivity contribution >= 4 is 27.7 Å². The van der Waals surface area contributed by atoms with E-state index in [1.165, 1.54) is 0 Å². The van der Waals surface area contributed by atoms with Crippen LogP contribution in [0, 0.1) is 12.8 Å². The van der Waals surface area contributed by atoms with Crippen LogP contribution in [-0.2, 0) is 0 Å². The second-order valence-electron chi connectivity index (χ2n) is 4.68. The number of nitrogens with two attached hydrogens (primary N) is 1. The molecule has 1 rings (SSSR count). The Morgan fingerprint density at radius 2 is 2.11 bits per heavy atom. The number of amidine groups is 1. The monoisotopic (exact) mass is 327 g/mol. The number of amides is 1. The molecule has 0 aromatic heterocycles. The molecule has 5 nitrogen and oxygen atoms in total. The zero-order valence-corrected chi connectivity index (χ0v) is 12.7. The van der Waals surface area contributed by atoms with Gasteiger partial charge >= 0.3 is 0 Å². The third kappa shape index (κ3) is 3.96. The van der Waals surface area contributed by atoms with Gasteiger partial charge < -0.3 is 16.3 Å². The van der Waals surface area contributed by atoms with Crippen LogP contribution in [0.25, 0.3) is 0 Å². The van der Waals surface area contributed by atoms with Gasteiger partial charge in [-0.1, -0.05) is 34.9 Å². The molecular weight excluding hydrogens is 310 g/mol. The molecule has 0 saturated carbocycles. The molecule has 0 heterocycles. The lowest BCUT2D eigenvalue weighted by Gasteiger charge is -2.21. The molecule has 0 saturated heterocycles. The number of hydrogen-bond acceptors (Lipinski definition) is 3. The fourth-order valence-corrected chi connectivity index (χ4v) is 1.90. The first-order valence-electron chi connectivity index (χ1n) is 5.91. The topological polar surface area (TPSA) is 87.7 Å². The van der Waals surface area contributed by atoms with E-state index < -0.39 is 6.04 Å². The van der Waals surface area contributed by atoms with Crippen LogP contribution in [0.15, 0.2) is 27.8 Å². The van der Waals surface area contributed by atoms with Gasteiger partial charge in [-0.3, -0.25) is 4.79 Å². The Hall–Kier alpha value is -1.56. The zero-order valence-electron chi connectivity index (χ0n) is 11.1. The second-order valence-corrected chi connectivity index (χ2v) is 5.54. The summed E-state index contributed by atoms with van der Waals surface area (Å²) >= 11 is 3.38. The molecule has 0 bridgehead atoms. The lowest BCUT2D eigenvalue weighted by atomic mass is 10.0. The SMILES string of the molecule is Cc1cc(C(=O)NC(/C(N)=N/O)C(C)C)ccc1Br. The van der Waals surface area contributed by atoms with E-state index in [4.69, 9.17) is 10.9 Å². The van der Waals surface area contributed by atoms with Gasteiger partial charge in [-0.25, -0.2) is 0 Å². The normalized spacial score (nSPS) is 13.4. The summed E-state index contributed by atoms with van der Waals surface area (Å²) in [7, 11) is 0. The van der Waals surface area contributed by atoms with Crippen molar-refractivity contribution in [3.63, 3.8) is 0 Å². The maximum atomic E-state index is 12.1. The van der Waals surface area contributed by atoms with Crippen molar-refractivity contribution in [3.8, 4) is 0 Å². The molecule has 0 aliphatic rings. The molecule has 0 aliphatic carbocycles. The summed E-state index contributed by atoms with van der Waals surface area (Å²) in [6.07, 6.45) is 0. The summed E-state index contributed by atoms with van der Waals surface area (Å²) < 4.78 is 0.945. The van der Waals surface area contributed by atoms with Crippen LogP contribution in [0.2, 0.25) is 0 Å². The highest BCUT2D eigenvalue weighted by molar-refractivity contribution is 9.10. The number of hydrogen-bond donors (Lipinski definition) is 3. The van der Waals surface area contributed by atoms with E-state index in [0.29, 0.717) is 5.56 Å². The summed E-state index contributed by atoms with van der Waals surface area (Å²) in [4.78, 5) is 12.1. The Labute approximate surface area is 121 Å². The summed E-state index contributed by atoms with van der Waals surface area (Å²) in [5, 5.41) is 14.4. The summed E-state index contributed by atoms with van der Waals surface area (Å²) in [5.41, 5.74) is 7.09. The Morgan fingerprint density at radius 1 is 1.47 bits per heavy atom. The molecule has 1 amide bonds. The van der Waals surface area contributed by atoms with Crippen molar-refractivity contribution in [2.24, 2.45) is 16.8 Å². The number of aryl methyl sites for hydroxylation is 1. The molecule has 6 heteroatoms. The molecule has 1 atom stereocenters. The van der Waals surface area contributed by atoms with Crippen molar-refractivity contribution in [1.29, 1.82) is 0 Å². The summed E-state index contributed by atoms with van der Waals surface area (Å²) in [6.45, 7) is 5.68. The van der Waals surface area contributed by atoms with Crippen LogP contribution >= 0.6 is 15.9 Å². The number of halogens is 1. The lowest BCUT2D eigenvalue weighted by Crippen LogP contribution is -2.47. The van der Waals surface area contributed by atoms with E-state index in [1.807, 2.05) is 26.8 Å². The summed E-state index contributed by atoms with van der Waals surface area (Å²) in [6, 6.07) is 4.82. The van der Waals surface area contributed by atoms with Gasteiger partial charge in [-0.2, -0.15) is 0 Å². The van der Waals surface area contributed by atoms with E-state index in [1.54, 1.807) is 12.1 Å². The average Bonchev–Trinajstić information content (AvgIpc) is 2.37. The van der Waals surface area contributed by atoms with Gasteiger partial charge in [0.2, 0.25) is 0 Å². The Morgan fingerprint density at radius 3 is 2.58 bits per heavy atom. The minimum Gasteiger partial charge on any atom is -0.409 e. The lowest BCUT2D eigenvalue weighted by molar-refractivity contribution is 0.0938. The van der Waals surface area contributed by atoms with Gasteiger partial charge in [-0.05, 0) is 36.6 Å². The van der Waals surface area contributed by atoms with Crippen molar-refractivity contribution < 1.29 is 10.0 Å². The number of benzene rings is 1. The highest BCUT2D eigenvalue weighted by Crippen LogP contribution is 2.17. The minimum absolute atomic E-state index is 0.00261. The number of carbonyl (C=O) groups excluding carboxylic acids is 1. The number of nitrogens with zero attached hydrogens (tertiary/aromatic N) is 1. The predicted octanol–water partition coefficient (Wildman–Crippen LogP) is 2.26. The molecule has 1 aromatic rings. The van der Waals surface area contributed by atoms with E-state index in [2.05, 4.69) is 26.4 Å². The van der Waals surface area contributed by atoms with Crippen LogP contribution in [0.4, 0.5) is 0 Å². The van der Waals surface area contributed by atoms with Crippen LogP contribution in [0.3, 0.4) is 0 Å². The van der Waals surface area contributed by atoms with E-state index >= 15 is 0 Å². The molecule has 0 radical (unpaired) electrons. The van der Waals surface area contributed by atoms with Crippen molar-refractivity contribution in [2.75, 3.05) is 0 Å². The summed E-state index contributed by atoms with van der Waals surface area (Å²) in [5.74, 6) is -0.227. The highest BCUT2D eigenvalue weighted by atomic mass is 79.9. The average molecular weight is 328 g/mol. The fraction of sp³-hybridized carbons (Fsp3) is 0.385. The van der Waals surface area contributed by atoms with Crippen LogP contribution in [-0.4, -0.2) is 23.0 Å². The maximum Gasteiger partial charge on any atom is 0.251 e. The third-order valence-electron chi connectivity index (χ3n) is 2.81. The molecule has 4 N–H and O–H groups in total. The minimum atomic E-state index is -0.499. The molecule has 0 fully saturated rings. The molecule has 19 heavy (non-hydrogen) atoms. The Kier molecular flexibility index (Phi) is 5.35. The second kappa shape index (κ2) is 6.56. The highest BCUT2D eigenvalue weighted by Gasteiger charge is 2.21. The molecule has 104 valence electrons. The van der Waals surface area contributed by atoms with Gasteiger partial charge in [-0.15, -0.1) is 0 Å². The van der Waals surface area contributed by atoms with Gasteiger partial charge in [0, 0.05) is 10.0 Å². The molecule has 1 unspecified atom stereocenters. The number of nitrogens with one attached hydrogen (secondary N) is 1. The smallest absolute Gasteiger partial charge is 0.251 e. The van der Waals surface area contributed by atoms with E-state index in [-0.39, 0.29) is 17.7 Å². The van der Waals surface area contributed by atoms with Gasteiger partial charge in [0.15, 0.2) is 5.84 Å². The molecular formula is C13H18BrN3O2. The molecule has 1 aromatic carbocycles. The molecule has 0 spiro atoms. The maximum absolute atomic E-state index is 12.1. The van der Waals surface area contributed by atoms with Crippen LogP contribution in [0.1, 0.15) is 29.8 Å². The Bertz CT molecular complexity index is 501. The molecule has 0 aliphatic heterocycles. The first-order chi connectivity index (χ1) is 8.86. The van der Waals surface area contributed by atoms with Crippen LogP contribution in [0.5, 0.6) is 0 Å². The number of rotatable bonds is 4. The first-order valence-corrected chi connectivity index (χ1v) is 6.70. The van der Waals surface area contributed by atoms with Crippen LogP contribution < -0.4 is 11.1 Å². The van der Waals surface area contributed by atoms with E-state index in [0.717, 1.165) is 10.0 Å². The first kappa shape index (κ1) is 15.5. The largest absolute Gasteiger partial charge is 0.409 e. The quantitative estimate of drug-likeness (QED) is 0.343. The number of carbonyl (C=O) groups is 1. The third-order valence-corrected chi connectivity index (χ3v) is 3.70. The zero-order chi connectivity index (χ0) is 14.6. The van der Waals surface area contributed by atoms with Crippen molar-refractivity contribution in [2.45, 2.75) is 26.8 Å². The van der Waals surface area contributed by atoms with Gasteiger partial charge in [0.1, 0.15) is 0 Å². The standard InChI is InChI=1S/C13H18BrN3O2/c1-7(2)11(12(15)17-19)16-13(18)9-4-5-10(14)8(3)6-9/h4-7,11,19H,1-3H3,(H2,15,17)(H,16,18). The van der Waals surface area contributed by atoms with Crippen molar-refractivity contribution in [3.05, 3.63) is 33.8 Å². The van der Waals surface area contributed by atoms with Crippen molar-refractivity contribution in [1.82, 2.24) is 5.32 Å². The predicted molar refractivity (Wildman–Crippen MR) is 78.4 cm³/mol. The number of oxime groups is 1. The fourth-order valence-electron chi connectivity index (χ4n) is 1.65. The Balaban J connectivity index is 2.91. The van der Waals surface area contributed by atoms with Gasteiger partial charge in [0.25, 0.3) is 5.91 Å².